The van der Waals surface area contributed by atoms with E-state index in [1.54, 1.807) is 0 Å². The summed E-state index contributed by atoms with van der Waals surface area (Å²) in [5.74, 6) is 0. The molecule has 9 aromatic carbocycles. The fourth-order valence-electron chi connectivity index (χ4n) is 8.91. The molecule has 0 fully saturated rings. The van der Waals surface area contributed by atoms with Crippen LogP contribution in [0.2, 0.25) is 0 Å². The Morgan fingerprint density at radius 1 is 0.352 bits per heavy atom. The Balaban J connectivity index is 1.13. The summed E-state index contributed by atoms with van der Waals surface area (Å²) in [6.07, 6.45) is 0. The number of nitrogens with zero attached hydrogens (tertiary/aromatic N) is 1. The van der Waals surface area contributed by atoms with Crippen LogP contribution in [0.15, 0.2) is 200 Å². The van der Waals surface area contributed by atoms with Crippen molar-refractivity contribution in [1.29, 1.82) is 0 Å². The van der Waals surface area contributed by atoms with E-state index in [2.05, 4.69) is 219 Å². The zero-order chi connectivity index (χ0) is 36.2. The van der Waals surface area contributed by atoms with Crippen molar-refractivity contribution in [2.45, 2.75) is 19.3 Å². The molecule has 0 aliphatic heterocycles. The number of anilines is 3. The highest BCUT2D eigenvalue weighted by atomic mass is 15.1. The van der Waals surface area contributed by atoms with Gasteiger partial charge < -0.3 is 4.90 Å². The number of hydrogen-bond acceptors (Lipinski definition) is 1. The highest BCUT2D eigenvalue weighted by molar-refractivity contribution is 6.13. The average molecular weight is 690 g/mol. The normalized spacial score (nSPS) is 12.8. The van der Waals surface area contributed by atoms with Gasteiger partial charge in [-0.05, 0) is 114 Å². The van der Waals surface area contributed by atoms with E-state index in [1.165, 1.54) is 82.9 Å². The molecule has 0 heterocycles. The van der Waals surface area contributed by atoms with Crippen LogP contribution in [0.25, 0.3) is 66.1 Å². The average Bonchev–Trinajstić information content (AvgIpc) is 3.48. The SMILES string of the molecule is CC1(C)c2ccccc2-c2cccc(N(c3ccc(-c4ccccc4-c4ccccc4)cc3)c3ccc(-c4cc5ccccc5c5ccccc45)cc3)c21. The van der Waals surface area contributed by atoms with Crippen LogP contribution in [0.5, 0.6) is 0 Å². The lowest BCUT2D eigenvalue weighted by atomic mass is 9.81. The van der Waals surface area contributed by atoms with Crippen molar-refractivity contribution in [2.75, 3.05) is 4.90 Å². The Morgan fingerprint density at radius 3 is 1.54 bits per heavy atom. The van der Waals surface area contributed by atoms with Gasteiger partial charge in [0.1, 0.15) is 0 Å². The molecule has 0 bridgehead atoms. The maximum Gasteiger partial charge on any atom is 0.0508 e. The molecule has 0 saturated carbocycles. The Kier molecular flexibility index (Phi) is 7.56. The van der Waals surface area contributed by atoms with Crippen LogP contribution >= 0.6 is 0 Å². The predicted octanol–water partition coefficient (Wildman–Crippen LogP) is 14.8. The van der Waals surface area contributed by atoms with Crippen LogP contribution in [-0.4, -0.2) is 0 Å². The molecule has 1 aliphatic rings. The molecule has 0 atom stereocenters. The smallest absolute Gasteiger partial charge is 0.0508 e. The molecule has 1 aliphatic carbocycles. The Bertz CT molecular complexity index is 2830. The Hall–Kier alpha value is -6.70. The summed E-state index contributed by atoms with van der Waals surface area (Å²) in [5, 5.41) is 5.10. The number of fused-ring (bicyclic) bond motifs is 6. The molecule has 0 amide bonds. The fourth-order valence-corrected chi connectivity index (χ4v) is 8.91. The second-order valence-corrected chi connectivity index (χ2v) is 14.9. The third kappa shape index (κ3) is 5.16. The first-order chi connectivity index (χ1) is 26.6. The lowest BCUT2D eigenvalue weighted by molar-refractivity contribution is 0.661. The van der Waals surface area contributed by atoms with Gasteiger partial charge in [0, 0.05) is 16.8 Å². The minimum absolute atomic E-state index is 0.167. The Labute approximate surface area is 317 Å². The first-order valence-electron chi connectivity index (χ1n) is 18.9. The minimum atomic E-state index is -0.167. The minimum Gasteiger partial charge on any atom is -0.310 e. The van der Waals surface area contributed by atoms with Crippen molar-refractivity contribution in [2.24, 2.45) is 0 Å². The third-order valence-electron chi connectivity index (χ3n) is 11.5. The molecular weight excluding hydrogens is 651 g/mol. The van der Waals surface area contributed by atoms with Crippen molar-refractivity contribution in [3.8, 4) is 44.5 Å². The lowest BCUT2D eigenvalue weighted by Crippen LogP contribution is -2.20. The quantitative estimate of drug-likeness (QED) is 0.157. The van der Waals surface area contributed by atoms with Gasteiger partial charge in [-0.1, -0.05) is 178 Å². The fraction of sp³-hybridized carbons (Fsp3) is 0.0566. The van der Waals surface area contributed by atoms with Gasteiger partial charge >= 0.3 is 0 Å². The topological polar surface area (TPSA) is 3.24 Å². The molecule has 0 saturated heterocycles. The molecule has 0 aromatic heterocycles. The summed E-state index contributed by atoms with van der Waals surface area (Å²) in [4.78, 5) is 2.46. The second-order valence-electron chi connectivity index (χ2n) is 14.9. The van der Waals surface area contributed by atoms with Gasteiger partial charge in [0.25, 0.3) is 0 Å². The third-order valence-corrected chi connectivity index (χ3v) is 11.5. The summed E-state index contributed by atoms with van der Waals surface area (Å²) in [5.41, 5.74) is 16.0. The molecule has 54 heavy (non-hydrogen) atoms. The Morgan fingerprint density at radius 2 is 0.852 bits per heavy atom. The van der Waals surface area contributed by atoms with E-state index in [0.29, 0.717) is 0 Å². The summed E-state index contributed by atoms with van der Waals surface area (Å²) in [6, 6.07) is 73.3. The van der Waals surface area contributed by atoms with Gasteiger partial charge in [-0.15, -0.1) is 0 Å². The van der Waals surface area contributed by atoms with Crippen molar-refractivity contribution in [1.82, 2.24) is 0 Å². The van der Waals surface area contributed by atoms with Crippen molar-refractivity contribution >= 4 is 38.6 Å². The van der Waals surface area contributed by atoms with Crippen LogP contribution in [0.4, 0.5) is 17.1 Å². The van der Waals surface area contributed by atoms with Crippen LogP contribution in [0.1, 0.15) is 25.0 Å². The van der Waals surface area contributed by atoms with E-state index in [1.807, 2.05) is 0 Å². The predicted molar refractivity (Wildman–Crippen MR) is 230 cm³/mol. The highest BCUT2D eigenvalue weighted by Crippen LogP contribution is 2.54. The maximum atomic E-state index is 2.46. The van der Waals surface area contributed by atoms with Gasteiger partial charge in [-0.3, -0.25) is 0 Å². The van der Waals surface area contributed by atoms with Crippen molar-refractivity contribution in [3.05, 3.63) is 211 Å². The number of benzene rings is 9. The number of rotatable bonds is 6. The number of hydrogen-bond donors (Lipinski definition) is 0. The second kappa shape index (κ2) is 12.8. The standard InChI is InChI=1S/C53H39N/c1-53(2)50-25-13-12-23-47(50)48-24-14-26-51(52(48)53)54(40-31-27-37(28-32-40)43-19-9-8-18-42(43)36-15-4-3-5-16-36)41-33-29-38(30-34-41)49-35-39-17-6-7-20-44(39)45-21-10-11-22-46(45)49/h3-35H,1-2H3. The monoisotopic (exact) mass is 689 g/mol. The van der Waals surface area contributed by atoms with E-state index >= 15 is 0 Å². The summed E-state index contributed by atoms with van der Waals surface area (Å²) in [6.45, 7) is 4.74. The summed E-state index contributed by atoms with van der Waals surface area (Å²) >= 11 is 0. The van der Waals surface area contributed by atoms with E-state index in [0.717, 1.165) is 11.4 Å². The molecule has 0 spiro atoms. The molecule has 10 rings (SSSR count). The molecule has 0 unspecified atom stereocenters. The first kappa shape index (κ1) is 32.0. The highest BCUT2D eigenvalue weighted by Gasteiger charge is 2.38. The molecule has 0 radical (unpaired) electrons. The summed E-state index contributed by atoms with van der Waals surface area (Å²) < 4.78 is 0. The molecular formula is C53H39N. The van der Waals surface area contributed by atoms with Crippen molar-refractivity contribution < 1.29 is 0 Å². The molecule has 1 heteroatoms. The molecule has 1 nitrogen and oxygen atoms in total. The summed E-state index contributed by atoms with van der Waals surface area (Å²) in [7, 11) is 0. The van der Waals surface area contributed by atoms with Gasteiger partial charge in [0.2, 0.25) is 0 Å². The van der Waals surface area contributed by atoms with Gasteiger partial charge in [-0.25, -0.2) is 0 Å². The van der Waals surface area contributed by atoms with E-state index < -0.39 is 0 Å². The first-order valence-corrected chi connectivity index (χ1v) is 18.9. The van der Waals surface area contributed by atoms with Crippen LogP contribution in [0.3, 0.4) is 0 Å². The zero-order valence-electron chi connectivity index (χ0n) is 30.5. The zero-order valence-corrected chi connectivity index (χ0v) is 30.5. The largest absolute Gasteiger partial charge is 0.310 e. The maximum absolute atomic E-state index is 2.46. The van der Waals surface area contributed by atoms with E-state index in [-0.39, 0.29) is 5.41 Å². The van der Waals surface area contributed by atoms with Gasteiger partial charge in [-0.2, -0.15) is 0 Å². The van der Waals surface area contributed by atoms with Crippen LogP contribution < -0.4 is 4.90 Å². The van der Waals surface area contributed by atoms with Crippen LogP contribution in [0, 0.1) is 0 Å². The van der Waals surface area contributed by atoms with E-state index in [9.17, 15) is 0 Å². The van der Waals surface area contributed by atoms with Gasteiger partial charge in [0.15, 0.2) is 0 Å². The van der Waals surface area contributed by atoms with Crippen LogP contribution in [-0.2, 0) is 5.41 Å². The lowest BCUT2D eigenvalue weighted by Gasteiger charge is -2.32. The van der Waals surface area contributed by atoms with Gasteiger partial charge in [0.05, 0.1) is 5.69 Å². The van der Waals surface area contributed by atoms with Crippen molar-refractivity contribution in [3.63, 3.8) is 0 Å². The molecule has 0 N–H and O–H groups in total. The molecule has 9 aromatic rings. The molecule has 256 valence electrons. The van der Waals surface area contributed by atoms with E-state index in [4.69, 9.17) is 0 Å².